The molecule has 8 heteroatoms. The molecular weight excluding hydrogens is 329 g/mol. The minimum absolute atomic E-state index is 0.172. The van der Waals surface area contributed by atoms with Crippen molar-refractivity contribution in [3.63, 3.8) is 0 Å². The summed E-state index contributed by atoms with van der Waals surface area (Å²) in [5.41, 5.74) is 0.407. The second-order valence-electron chi connectivity index (χ2n) is 5.09. The van der Waals surface area contributed by atoms with Crippen LogP contribution in [0.15, 0.2) is 36.5 Å². The fourth-order valence-electron chi connectivity index (χ4n) is 2.10. The number of benzene rings is 1. The lowest BCUT2D eigenvalue weighted by Gasteiger charge is -2.14. The third-order valence-electron chi connectivity index (χ3n) is 3.41. The van der Waals surface area contributed by atoms with E-state index in [9.17, 15) is 14.0 Å². The van der Waals surface area contributed by atoms with Gasteiger partial charge < -0.3 is 20.1 Å². The van der Waals surface area contributed by atoms with E-state index in [-0.39, 0.29) is 17.2 Å². The molecule has 0 aliphatic carbocycles. The molecular formula is C17H18FN3O4. The largest absolute Gasteiger partial charge is 0.493 e. The normalized spacial score (nSPS) is 11.4. The molecule has 7 nitrogen and oxygen atoms in total. The van der Waals surface area contributed by atoms with E-state index in [0.29, 0.717) is 5.69 Å². The van der Waals surface area contributed by atoms with Crippen LogP contribution in [0, 0.1) is 5.82 Å². The van der Waals surface area contributed by atoms with Crippen molar-refractivity contribution in [2.75, 3.05) is 19.5 Å². The number of hydrogen-bond donors (Lipinski definition) is 2. The predicted molar refractivity (Wildman–Crippen MR) is 88.9 cm³/mol. The van der Waals surface area contributed by atoms with E-state index < -0.39 is 23.7 Å². The number of ether oxygens (including phenoxy) is 2. The van der Waals surface area contributed by atoms with Crippen LogP contribution < -0.4 is 20.1 Å². The molecule has 1 heterocycles. The third kappa shape index (κ3) is 4.43. The highest BCUT2D eigenvalue weighted by Crippen LogP contribution is 2.32. The van der Waals surface area contributed by atoms with Crippen LogP contribution in [0.3, 0.4) is 0 Å². The number of aromatic nitrogens is 1. The standard InChI is InChI=1S/C17H18FN3O4/c1-10(12-6-4-5-7-19-12)20-16(22)17(23)21-13-9-15(25-3)14(24-2)8-11(13)18/h4-10H,1-3H3,(H,20,22)(H,21,23). The Morgan fingerprint density at radius 2 is 1.80 bits per heavy atom. The Bertz CT molecular complexity index is 768. The second-order valence-corrected chi connectivity index (χ2v) is 5.09. The van der Waals surface area contributed by atoms with Crippen LogP contribution >= 0.6 is 0 Å². The SMILES string of the molecule is COc1cc(F)c(NC(=O)C(=O)NC(C)c2ccccn2)cc1OC. The van der Waals surface area contributed by atoms with Crippen LogP contribution in [0.4, 0.5) is 10.1 Å². The number of amides is 2. The van der Waals surface area contributed by atoms with Gasteiger partial charge in [-0.15, -0.1) is 0 Å². The minimum Gasteiger partial charge on any atom is -0.493 e. The third-order valence-corrected chi connectivity index (χ3v) is 3.41. The maximum atomic E-state index is 14.0. The van der Waals surface area contributed by atoms with E-state index in [2.05, 4.69) is 15.6 Å². The van der Waals surface area contributed by atoms with Gasteiger partial charge in [0.05, 0.1) is 31.6 Å². The number of nitrogens with one attached hydrogen (secondary N) is 2. The van der Waals surface area contributed by atoms with Gasteiger partial charge in [0.15, 0.2) is 17.3 Å². The maximum absolute atomic E-state index is 14.0. The van der Waals surface area contributed by atoms with Gasteiger partial charge in [0.25, 0.3) is 0 Å². The lowest BCUT2D eigenvalue weighted by Crippen LogP contribution is -2.37. The molecule has 2 N–H and O–H groups in total. The van der Waals surface area contributed by atoms with Crippen LogP contribution in [0.1, 0.15) is 18.7 Å². The summed E-state index contributed by atoms with van der Waals surface area (Å²) in [5, 5.41) is 4.71. The molecule has 0 aliphatic rings. The number of halogens is 1. The van der Waals surface area contributed by atoms with E-state index in [0.717, 1.165) is 6.07 Å². The number of pyridine rings is 1. The highest BCUT2D eigenvalue weighted by atomic mass is 19.1. The zero-order chi connectivity index (χ0) is 18.4. The van der Waals surface area contributed by atoms with Gasteiger partial charge in [0.2, 0.25) is 0 Å². The molecule has 1 unspecified atom stereocenters. The molecule has 0 saturated carbocycles. The first-order valence-electron chi connectivity index (χ1n) is 7.40. The summed E-state index contributed by atoms with van der Waals surface area (Å²) >= 11 is 0. The van der Waals surface area contributed by atoms with Crippen LogP contribution in [-0.4, -0.2) is 31.0 Å². The Morgan fingerprint density at radius 1 is 1.12 bits per heavy atom. The molecule has 25 heavy (non-hydrogen) atoms. The van der Waals surface area contributed by atoms with Crippen LogP contribution in [-0.2, 0) is 9.59 Å². The highest BCUT2D eigenvalue weighted by molar-refractivity contribution is 6.39. The Kier molecular flexibility index (Phi) is 5.89. The smallest absolute Gasteiger partial charge is 0.313 e. The molecule has 0 bridgehead atoms. The van der Waals surface area contributed by atoms with E-state index in [1.807, 2.05) is 0 Å². The fraction of sp³-hybridized carbons (Fsp3) is 0.235. The van der Waals surface area contributed by atoms with Crippen LogP contribution in [0.2, 0.25) is 0 Å². The first kappa shape index (κ1) is 18.2. The van der Waals surface area contributed by atoms with E-state index in [1.54, 1.807) is 31.3 Å². The van der Waals surface area contributed by atoms with Gasteiger partial charge >= 0.3 is 11.8 Å². The lowest BCUT2D eigenvalue weighted by molar-refractivity contribution is -0.136. The second kappa shape index (κ2) is 8.09. The minimum atomic E-state index is -1.01. The summed E-state index contributed by atoms with van der Waals surface area (Å²) < 4.78 is 24.0. The molecule has 0 radical (unpaired) electrons. The fourth-order valence-corrected chi connectivity index (χ4v) is 2.10. The summed E-state index contributed by atoms with van der Waals surface area (Å²) in [7, 11) is 2.74. The topological polar surface area (TPSA) is 89.5 Å². The first-order chi connectivity index (χ1) is 12.0. The molecule has 2 aromatic rings. The number of nitrogens with zero attached hydrogens (tertiary/aromatic N) is 1. The molecule has 0 spiro atoms. The number of hydrogen-bond acceptors (Lipinski definition) is 5. The summed E-state index contributed by atoms with van der Waals surface area (Å²) in [6.07, 6.45) is 1.58. The van der Waals surface area contributed by atoms with Crippen molar-refractivity contribution in [1.82, 2.24) is 10.3 Å². The van der Waals surface area contributed by atoms with Crippen molar-refractivity contribution >= 4 is 17.5 Å². The van der Waals surface area contributed by atoms with Crippen LogP contribution in [0.5, 0.6) is 11.5 Å². The number of anilines is 1. The monoisotopic (exact) mass is 347 g/mol. The van der Waals surface area contributed by atoms with Gasteiger partial charge in [-0.05, 0) is 19.1 Å². The van der Waals surface area contributed by atoms with E-state index >= 15 is 0 Å². The molecule has 2 rings (SSSR count). The number of rotatable bonds is 5. The molecule has 132 valence electrons. The van der Waals surface area contributed by atoms with Crippen molar-refractivity contribution in [1.29, 1.82) is 0 Å². The van der Waals surface area contributed by atoms with Crippen molar-refractivity contribution in [2.45, 2.75) is 13.0 Å². The van der Waals surface area contributed by atoms with Gasteiger partial charge in [-0.1, -0.05) is 6.07 Å². The number of carbonyl (C=O) groups is 2. The van der Waals surface area contributed by atoms with Crippen molar-refractivity contribution in [3.8, 4) is 11.5 Å². The molecule has 2 amide bonds. The Balaban J connectivity index is 2.07. The molecule has 0 fully saturated rings. The predicted octanol–water partition coefficient (Wildman–Crippen LogP) is 2.05. The number of methoxy groups -OCH3 is 2. The van der Waals surface area contributed by atoms with E-state index in [4.69, 9.17) is 9.47 Å². The van der Waals surface area contributed by atoms with Gasteiger partial charge in [-0.3, -0.25) is 14.6 Å². The highest BCUT2D eigenvalue weighted by Gasteiger charge is 2.20. The van der Waals surface area contributed by atoms with E-state index in [1.165, 1.54) is 20.3 Å². The summed E-state index contributed by atoms with van der Waals surface area (Å²) in [4.78, 5) is 28.1. The Morgan fingerprint density at radius 3 is 2.40 bits per heavy atom. The Labute approximate surface area is 144 Å². The van der Waals surface area contributed by atoms with Crippen molar-refractivity contribution in [2.24, 2.45) is 0 Å². The first-order valence-corrected chi connectivity index (χ1v) is 7.40. The van der Waals surface area contributed by atoms with Gasteiger partial charge in [0.1, 0.15) is 0 Å². The van der Waals surface area contributed by atoms with Crippen LogP contribution in [0.25, 0.3) is 0 Å². The zero-order valence-corrected chi connectivity index (χ0v) is 14.0. The Hall–Kier alpha value is -3.16. The molecule has 0 saturated heterocycles. The number of carbonyl (C=O) groups excluding carboxylic acids is 2. The zero-order valence-electron chi connectivity index (χ0n) is 14.0. The summed E-state index contributed by atoms with van der Waals surface area (Å²) in [6.45, 7) is 1.69. The van der Waals surface area contributed by atoms with Crippen molar-refractivity contribution in [3.05, 3.63) is 48.0 Å². The van der Waals surface area contributed by atoms with Crippen molar-refractivity contribution < 1.29 is 23.5 Å². The maximum Gasteiger partial charge on any atom is 0.313 e. The summed E-state index contributed by atoms with van der Waals surface area (Å²) in [6, 6.07) is 7.05. The van der Waals surface area contributed by atoms with Gasteiger partial charge in [-0.2, -0.15) is 0 Å². The quantitative estimate of drug-likeness (QED) is 0.808. The molecule has 1 aromatic carbocycles. The molecule has 1 aromatic heterocycles. The van der Waals surface area contributed by atoms with Gasteiger partial charge in [0, 0.05) is 18.3 Å². The average Bonchev–Trinajstić information content (AvgIpc) is 2.63. The lowest BCUT2D eigenvalue weighted by atomic mass is 10.2. The van der Waals surface area contributed by atoms with Gasteiger partial charge in [-0.25, -0.2) is 4.39 Å². The molecule has 1 atom stereocenters. The average molecular weight is 347 g/mol. The molecule has 0 aliphatic heterocycles. The summed E-state index contributed by atoms with van der Waals surface area (Å²) in [5.74, 6) is -2.27.